The molecule has 2 aromatic heterocycles. The molecule has 0 aliphatic carbocycles. The zero-order valence-corrected chi connectivity index (χ0v) is 16.7. The van der Waals surface area contributed by atoms with Gasteiger partial charge in [-0.2, -0.15) is 0 Å². The highest BCUT2D eigenvalue weighted by Gasteiger charge is 2.11. The van der Waals surface area contributed by atoms with Crippen LogP contribution in [0, 0.1) is 0 Å². The van der Waals surface area contributed by atoms with E-state index in [1.54, 1.807) is 11.6 Å². The predicted molar refractivity (Wildman–Crippen MR) is 110 cm³/mol. The zero-order chi connectivity index (χ0) is 18.5. The minimum Gasteiger partial charge on any atom is -0.369 e. The predicted octanol–water partition coefficient (Wildman–Crippen LogP) is 4.31. The fourth-order valence-corrected chi connectivity index (χ4v) is 4.71. The van der Waals surface area contributed by atoms with E-state index in [0.717, 1.165) is 25.5 Å². The number of hydrogen-bond donors (Lipinski definition) is 2. The number of benzene rings is 1. The highest BCUT2D eigenvalue weighted by Crippen LogP contribution is 2.37. The molecular weight excluding hydrogens is 434 g/mol. The van der Waals surface area contributed by atoms with Crippen LogP contribution in [0.15, 0.2) is 51.8 Å². The Morgan fingerprint density at radius 2 is 2.04 bits per heavy atom. The zero-order valence-electron chi connectivity index (χ0n) is 13.4. The monoisotopic (exact) mass is 447 g/mol. The summed E-state index contributed by atoms with van der Waals surface area (Å²) >= 11 is 6.51. The van der Waals surface area contributed by atoms with E-state index >= 15 is 0 Å². The maximum Gasteiger partial charge on any atom is 0.248 e. The van der Waals surface area contributed by atoms with E-state index < -0.39 is 0 Å². The Balaban J connectivity index is 1.67. The molecule has 0 saturated heterocycles. The van der Waals surface area contributed by atoms with E-state index in [0.29, 0.717) is 5.69 Å². The smallest absolute Gasteiger partial charge is 0.248 e. The van der Waals surface area contributed by atoms with E-state index in [4.69, 9.17) is 5.73 Å². The third-order valence-corrected chi connectivity index (χ3v) is 6.03. The number of primary amides is 1. The first kappa shape index (κ1) is 18.5. The van der Waals surface area contributed by atoms with Crippen molar-refractivity contribution in [3.63, 3.8) is 0 Å². The maximum absolute atomic E-state index is 12.0. The highest BCUT2D eigenvalue weighted by molar-refractivity contribution is 9.10. The Morgan fingerprint density at radius 3 is 2.69 bits per heavy atom. The first-order valence-corrected chi connectivity index (χ1v) is 10.1. The number of carbonyl (C=O) groups is 2. The van der Waals surface area contributed by atoms with Gasteiger partial charge in [-0.05, 0) is 45.8 Å². The largest absolute Gasteiger partial charge is 0.369 e. The second-order valence-electron chi connectivity index (χ2n) is 5.35. The lowest BCUT2D eigenvalue weighted by Crippen LogP contribution is -2.12. The van der Waals surface area contributed by atoms with Crippen LogP contribution in [0.2, 0.25) is 0 Å². The lowest BCUT2D eigenvalue weighted by molar-refractivity contribution is -0.117. The van der Waals surface area contributed by atoms with E-state index in [-0.39, 0.29) is 18.2 Å². The van der Waals surface area contributed by atoms with E-state index in [9.17, 15) is 9.59 Å². The Bertz CT molecular complexity index is 947. The van der Waals surface area contributed by atoms with Crippen molar-refractivity contribution in [2.45, 2.75) is 6.42 Å². The van der Waals surface area contributed by atoms with Gasteiger partial charge in [0.25, 0.3) is 0 Å². The average Bonchev–Trinajstić information content (AvgIpc) is 3.23. The fraction of sp³-hybridized carbons (Fsp3) is 0.0556. The molecule has 8 heteroatoms. The molecule has 5 nitrogen and oxygen atoms in total. The van der Waals surface area contributed by atoms with E-state index in [1.165, 1.54) is 28.7 Å². The number of aromatic nitrogens is 1. The second kappa shape index (κ2) is 8.39. The first-order valence-electron chi connectivity index (χ1n) is 7.55. The molecule has 26 heavy (non-hydrogen) atoms. The van der Waals surface area contributed by atoms with Gasteiger partial charge in [0, 0.05) is 31.4 Å². The van der Waals surface area contributed by atoms with Crippen LogP contribution in [0.5, 0.6) is 0 Å². The van der Waals surface area contributed by atoms with Crippen molar-refractivity contribution in [2.24, 2.45) is 5.73 Å². The molecule has 0 saturated carbocycles. The number of nitrogens with zero attached hydrogens (tertiary/aromatic N) is 1. The van der Waals surface area contributed by atoms with Crippen LogP contribution in [0.3, 0.4) is 0 Å². The quantitative estimate of drug-likeness (QED) is 0.551. The first-order chi connectivity index (χ1) is 12.5. The van der Waals surface area contributed by atoms with Gasteiger partial charge in [-0.15, -0.1) is 22.7 Å². The van der Waals surface area contributed by atoms with Gasteiger partial charge < -0.3 is 11.1 Å². The topological polar surface area (TPSA) is 85.1 Å². The van der Waals surface area contributed by atoms with Gasteiger partial charge in [-0.25, -0.2) is 4.98 Å². The van der Waals surface area contributed by atoms with Crippen LogP contribution in [-0.2, 0) is 16.0 Å². The molecule has 0 bridgehead atoms. The Hall–Kier alpha value is -2.29. The molecule has 2 amide bonds. The van der Waals surface area contributed by atoms with Crippen molar-refractivity contribution >= 4 is 62.2 Å². The van der Waals surface area contributed by atoms with Gasteiger partial charge in [0.2, 0.25) is 11.8 Å². The average molecular weight is 448 g/mol. The molecule has 3 rings (SSSR count). The molecule has 0 atom stereocenters. The van der Waals surface area contributed by atoms with Gasteiger partial charge in [0.15, 0.2) is 0 Å². The van der Waals surface area contributed by atoms with Crippen LogP contribution < -0.4 is 11.1 Å². The molecule has 3 aromatic rings. The van der Waals surface area contributed by atoms with Gasteiger partial charge in [-0.3, -0.25) is 9.59 Å². The Labute approximate surface area is 166 Å². The molecule has 0 radical (unpaired) electrons. The molecule has 132 valence electrons. The summed E-state index contributed by atoms with van der Waals surface area (Å²) in [4.78, 5) is 29.0. The van der Waals surface area contributed by atoms with Crippen molar-refractivity contribution < 1.29 is 9.59 Å². The van der Waals surface area contributed by atoms with Crippen molar-refractivity contribution in [1.29, 1.82) is 0 Å². The van der Waals surface area contributed by atoms with E-state index in [1.807, 2.05) is 35.7 Å². The van der Waals surface area contributed by atoms with Crippen LogP contribution in [0.1, 0.15) is 10.6 Å². The molecule has 0 unspecified atom stereocenters. The summed E-state index contributed by atoms with van der Waals surface area (Å²) in [5, 5.41) is 4.67. The molecule has 0 fully saturated rings. The van der Waals surface area contributed by atoms with Crippen molar-refractivity contribution in [3.05, 3.63) is 62.3 Å². The summed E-state index contributed by atoms with van der Waals surface area (Å²) in [6.45, 7) is 0. The standard InChI is InChI=1S/C18H14BrN3O2S2/c19-15-7-14(8-16(20)23)26-18(15)11-1-3-12(4-2-11)22-17(24)6-5-13-9-25-10-21-13/h1-7,9-10H,8H2,(H2,20,23)(H,22,24). The molecular formula is C18H14BrN3O2S2. The van der Waals surface area contributed by atoms with Crippen LogP contribution >= 0.6 is 38.6 Å². The third-order valence-electron chi connectivity index (χ3n) is 3.36. The number of halogens is 1. The maximum atomic E-state index is 12.0. The summed E-state index contributed by atoms with van der Waals surface area (Å²) in [5.74, 6) is -0.569. The minimum absolute atomic E-state index is 0.216. The number of carbonyl (C=O) groups excluding carboxylic acids is 2. The lowest BCUT2D eigenvalue weighted by atomic mass is 10.1. The van der Waals surface area contributed by atoms with E-state index in [2.05, 4.69) is 26.2 Å². The molecule has 1 aromatic carbocycles. The van der Waals surface area contributed by atoms with Crippen LogP contribution in [0.4, 0.5) is 5.69 Å². The number of thiophene rings is 1. The van der Waals surface area contributed by atoms with Crippen molar-refractivity contribution in [2.75, 3.05) is 5.32 Å². The molecule has 0 spiro atoms. The number of nitrogens with two attached hydrogens (primary N) is 1. The minimum atomic E-state index is -0.353. The van der Waals surface area contributed by atoms with Gasteiger partial charge >= 0.3 is 0 Å². The lowest BCUT2D eigenvalue weighted by Gasteiger charge is -2.04. The number of rotatable bonds is 6. The molecule has 0 aliphatic rings. The molecule has 0 aliphatic heterocycles. The highest BCUT2D eigenvalue weighted by atomic mass is 79.9. The Morgan fingerprint density at radius 1 is 1.27 bits per heavy atom. The Kier molecular flexibility index (Phi) is 5.97. The summed E-state index contributed by atoms with van der Waals surface area (Å²) in [6, 6.07) is 9.42. The number of thiazole rings is 1. The second-order valence-corrected chi connectivity index (χ2v) is 8.06. The number of anilines is 1. The summed E-state index contributed by atoms with van der Waals surface area (Å²) in [7, 11) is 0. The third kappa shape index (κ3) is 4.87. The van der Waals surface area contributed by atoms with Crippen molar-refractivity contribution in [1.82, 2.24) is 4.98 Å². The SMILES string of the molecule is NC(=O)Cc1cc(Br)c(-c2ccc(NC(=O)C=Cc3cscn3)cc2)s1. The summed E-state index contributed by atoms with van der Waals surface area (Å²) in [5.41, 5.74) is 9.42. The number of amides is 2. The van der Waals surface area contributed by atoms with Crippen molar-refractivity contribution in [3.8, 4) is 10.4 Å². The number of hydrogen-bond acceptors (Lipinski definition) is 5. The van der Waals surface area contributed by atoms with Gasteiger partial charge in [-0.1, -0.05) is 12.1 Å². The normalized spacial score (nSPS) is 11.0. The van der Waals surface area contributed by atoms with Gasteiger partial charge in [0.05, 0.1) is 17.6 Å². The van der Waals surface area contributed by atoms with Crippen LogP contribution in [0.25, 0.3) is 16.5 Å². The fourth-order valence-electron chi connectivity index (χ4n) is 2.23. The van der Waals surface area contributed by atoms with Crippen LogP contribution in [-0.4, -0.2) is 16.8 Å². The molecule has 2 heterocycles. The summed E-state index contributed by atoms with van der Waals surface area (Å²) in [6.07, 6.45) is 3.35. The molecule has 3 N–H and O–H groups in total. The van der Waals surface area contributed by atoms with Gasteiger partial charge in [0.1, 0.15) is 0 Å². The summed E-state index contributed by atoms with van der Waals surface area (Å²) < 4.78 is 0.918. The number of nitrogens with one attached hydrogen (secondary N) is 1.